The molecule has 0 unspecified atom stereocenters. The molecule has 2 aromatic carbocycles. The third-order valence-electron chi connectivity index (χ3n) is 6.31. The van der Waals surface area contributed by atoms with Gasteiger partial charge in [0.05, 0.1) is 38.3 Å². The molecule has 8 heteroatoms. The summed E-state index contributed by atoms with van der Waals surface area (Å²) >= 11 is 0. The van der Waals surface area contributed by atoms with Crippen molar-refractivity contribution in [3.8, 4) is 0 Å². The molecule has 2 heterocycles. The highest BCUT2D eigenvalue weighted by Crippen LogP contribution is 2.42. The number of benzene rings is 2. The van der Waals surface area contributed by atoms with Crippen LogP contribution in [-0.2, 0) is 22.7 Å². The van der Waals surface area contributed by atoms with Gasteiger partial charge in [-0.15, -0.1) is 0 Å². The minimum atomic E-state index is -0.357. The molecule has 1 aliphatic rings. The smallest absolute Gasteiger partial charge is 0.280 e. The third kappa shape index (κ3) is 4.50. The summed E-state index contributed by atoms with van der Waals surface area (Å²) in [6, 6.07) is 20.0. The van der Waals surface area contributed by atoms with E-state index in [1.807, 2.05) is 65.2 Å². The van der Waals surface area contributed by atoms with Crippen LogP contribution in [0.15, 0.2) is 83.9 Å². The van der Waals surface area contributed by atoms with Gasteiger partial charge in [0.15, 0.2) is 11.2 Å². The van der Waals surface area contributed by atoms with E-state index in [1.165, 1.54) is 0 Å². The van der Waals surface area contributed by atoms with Crippen LogP contribution in [0.3, 0.4) is 0 Å². The van der Waals surface area contributed by atoms with Gasteiger partial charge in [-0.1, -0.05) is 67.2 Å². The Labute approximate surface area is 197 Å². The molecule has 34 heavy (non-hydrogen) atoms. The summed E-state index contributed by atoms with van der Waals surface area (Å²) in [7, 11) is 0. The average Bonchev–Trinajstić information content (AvgIpc) is 3.40. The van der Waals surface area contributed by atoms with Crippen LogP contribution in [0.2, 0.25) is 0 Å². The van der Waals surface area contributed by atoms with Crippen molar-refractivity contribution in [1.29, 1.82) is 0 Å². The molecule has 0 aliphatic heterocycles. The predicted octanol–water partition coefficient (Wildman–Crippen LogP) is 3.62. The number of fused-ring (bicyclic) bond motifs is 1. The van der Waals surface area contributed by atoms with Crippen molar-refractivity contribution in [3.05, 3.63) is 101 Å². The minimum absolute atomic E-state index is 0.0192. The number of aromatic amines is 1. The minimum Gasteiger partial charge on any atom is -0.376 e. The van der Waals surface area contributed by atoms with Crippen LogP contribution >= 0.6 is 0 Å². The van der Waals surface area contributed by atoms with Crippen LogP contribution in [0.1, 0.15) is 23.6 Å². The lowest BCUT2D eigenvalue weighted by molar-refractivity contribution is -0.0122. The monoisotopic (exact) mass is 457 g/mol. The number of imidazole rings is 1. The summed E-state index contributed by atoms with van der Waals surface area (Å²) < 4.78 is 14.3. The van der Waals surface area contributed by atoms with Gasteiger partial charge in [0, 0.05) is 5.92 Å². The Morgan fingerprint density at radius 2 is 1.74 bits per heavy atom. The molecule has 1 aliphatic carbocycles. The number of nitrogens with two attached hydrogens (primary N) is 1. The van der Waals surface area contributed by atoms with E-state index in [0.717, 1.165) is 16.7 Å². The highest BCUT2D eigenvalue weighted by Gasteiger charge is 2.40. The maximum absolute atomic E-state index is 12.3. The maximum Gasteiger partial charge on any atom is 0.280 e. The Bertz CT molecular complexity index is 1330. The molecule has 8 nitrogen and oxygen atoms in total. The lowest BCUT2D eigenvalue weighted by Crippen LogP contribution is -2.23. The van der Waals surface area contributed by atoms with E-state index in [9.17, 15) is 4.79 Å². The Hall–Kier alpha value is -3.75. The standard InChI is InChI=1S/C26H27N5O3/c1-17-20(15-33-13-18-8-4-2-5-9-18)22(34-14-19-10-6-3-7-11-19)12-21(17)31-16-28-23-24(31)29-26(27)30-25(23)32/h2-11,16,20-22H,1,12-15H2,(H3,27,29,30,32)/t20-,21-,22-/m0/s1. The number of hydrogen-bond donors (Lipinski definition) is 2. The number of ether oxygens (including phenoxy) is 2. The third-order valence-corrected chi connectivity index (χ3v) is 6.31. The zero-order valence-electron chi connectivity index (χ0n) is 18.8. The molecule has 1 saturated carbocycles. The van der Waals surface area contributed by atoms with Crippen molar-refractivity contribution in [2.24, 2.45) is 5.92 Å². The van der Waals surface area contributed by atoms with Crippen molar-refractivity contribution in [3.63, 3.8) is 0 Å². The normalized spacial score (nSPS) is 20.2. The van der Waals surface area contributed by atoms with Gasteiger partial charge in [-0.05, 0) is 23.1 Å². The van der Waals surface area contributed by atoms with Gasteiger partial charge in [-0.2, -0.15) is 4.98 Å². The molecule has 0 radical (unpaired) electrons. The second-order valence-corrected chi connectivity index (χ2v) is 8.54. The SMILES string of the molecule is C=C1[C@H](COCc2ccccc2)[C@@H](OCc2ccccc2)C[C@@H]1n1cnc2c(=O)[nH]c(N)nc21. The first kappa shape index (κ1) is 22.1. The molecule has 1 fully saturated rings. The van der Waals surface area contributed by atoms with E-state index >= 15 is 0 Å². The second-order valence-electron chi connectivity index (χ2n) is 8.54. The zero-order valence-corrected chi connectivity index (χ0v) is 18.8. The van der Waals surface area contributed by atoms with Gasteiger partial charge in [0.25, 0.3) is 5.56 Å². The van der Waals surface area contributed by atoms with Gasteiger partial charge in [0.2, 0.25) is 5.95 Å². The fourth-order valence-corrected chi connectivity index (χ4v) is 4.54. The van der Waals surface area contributed by atoms with Crippen molar-refractivity contribution in [2.75, 3.05) is 12.3 Å². The van der Waals surface area contributed by atoms with Crippen LogP contribution in [0.4, 0.5) is 5.95 Å². The summed E-state index contributed by atoms with van der Waals surface area (Å²) in [5.74, 6) is 0.0386. The van der Waals surface area contributed by atoms with Crippen LogP contribution in [0.25, 0.3) is 11.2 Å². The number of hydrogen-bond acceptors (Lipinski definition) is 6. The van der Waals surface area contributed by atoms with E-state index in [0.29, 0.717) is 31.9 Å². The van der Waals surface area contributed by atoms with Gasteiger partial charge in [0.1, 0.15) is 0 Å². The number of anilines is 1. The Morgan fingerprint density at radius 3 is 2.44 bits per heavy atom. The summed E-state index contributed by atoms with van der Waals surface area (Å²) in [5, 5.41) is 0. The van der Waals surface area contributed by atoms with Gasteiger partial charge in [-0.25, -0.2) is 4.98 Å². The number of nitrogens with zero attached hydrogens (tertiary/aromatic N) is 3. The largest absolute Gasteiger partial charge is 0.376 e. The molecule has 0 spiro atoms. The first-order chi connectivity index (χ1) is 16.6. The van der Waals surface area contributed by atoms with Gasteiger partial charge in [-0.3, -0.25) is 9.78 Å². The zero-order chi connectivity index (χ0) is 23.5. The lowest BCUT2D eigenvalue weighted by atomic mass is 10.0. The lowest BCUT2D eigenvalue weighted by Gasteiger charge is -2.21. The molecule has 2 aromatic heterocycles. The molecule has 3 atom stereocenters. The predicted molar refractivity (Wildman–Crippen MR) is 130 cm³/mol. The molecule has 0 bridgehead atoms. The first-order valence-corrected chi connectivity index (χ1v) is 11.3. The van der Waals surface area contributed by atoms with Crippen molar-refractivity contribution < 1.29 is 9.47 Å². The van der Waals surface area contributed by atoms with Gasteiger partial charge < -0.3 is 19.8 Å². The van der Waals surface area contributed by atoms with Crippen LogP contribution < -0.4 is 11.3 Å². The molecule has 0 amide bonds. The molecule has 5 rings (SSSR count). The number of nitrogens with one attached hydrogen (secondary N) is 1. The average molecular weight is 458 g/mol. The van der Waals surface area contributed by atoms with Crippen molar-refractivity contribution in [1.82, 2.24) is 19.5 Å². The Morgan fingerprint density at radius 1 is 1.06 bits per heavy atom. The molecule has 3 N–H and O–H groups in total. The molecule has 4 aromatic rings. The number of aromatic nitrogens is 4. The number of rotatable bonds is 8. The molecule has 174 valence electrons. The number of nitrogen functional groups attached to an aromatic ring is 1. The second kappa shape index (κ2) is 9.62. The quantitative estimate of drug-likeness (QED) is 0.391. The molecular formula is C26H27N5O3. The van der Waals surface area contributed by atoms with Crippen LogP contribution in [0, 0.1) is 5.92 Å². The van der Waals surface area contributed by atoms with Crippen LogP contribution in [0.5, 0.6) is 0 Å². The summed E-state index contributed by atoms with van der Waals surface area (Å²) in [5.41, 5.74) is 9.33. The number of H-pyrrole nitrogens is 1. The van der Waals surface area contributed by atoms with E-state index in [4.69, 9.17) is 15.2 Å². The summed E-state index contributed by atoms with van der Waals surface area (Å²) in [4.78, 5) is 23.4. The maximum atomic E-state index is 12.3. The fourth-order valence-electron chi connectivity index (χ4n) is 4.54. The fraction of sp³-hybridized carbons (Fsp3) is 0.269. The first-order valence-electron chi connectivity index (χ1n) is 11.3. The van der Waals surface area contributed by atoms with Gasteiger partial charge >= 0.3 is 0 Å². The van der Waals surface area contributed by atoms with E-state index in [2.05, 4.69) is 21.5 Å². The van der Waals surface area contributed by atoms with Crippen molar-refractivity contribution >= 4 is 17.1 Å². The van der Waals surface area contributed by atoms with Crippen molar-refractivity contribution in [2.45, 2.75) is 31.8 Å². The molecule has 0 saturated heterocycles. The highest BCUT2D eigenvalue weighted by atomic mass is 16.5. The Kier molecular flexibility index (Phi) is 6.24. The summed E-state index contributed by atoms with van der Waals surface area (Å²) in [6.07, 6.45) is 2.19. The van der Waals surface area contributed by atoms with Crippen LogP contribution in [-0.4, -0.2) is 32.2 Å². The molecular weight excluding hydrogens is 430 g/mol. The van der Waals surface area contributed by atoms with E-state index in [1.54, 1.807) is 6.33 Å². The van der Waals surface area contributed by atoms with E-state index in [-0.39, 0.29) is 35.1 Å². The van der Waals surface area contributed by atoms with E-state index < -0.39 is 0 Å². The highest BCUT2D eigenvalue weighted by molar-refractivity contribution is 5.71. The topological polar surface area (TPSA) is 108 Å². The summed E-state index contributed by atoms with van der Waals surface area (Å²) in [6.45, 7) is 5.89. The Balaban J connectivity index is 1.38.